The van der Waals surface area contributed by atoms with Crippen LogP contribution in [0.3, 0.4) is 0 Å². The van der Waals surface area contributed by atoms with Crippen molar-refractivity contribution in [1.82, 2.24) is 15.5 Å². The zero-order valence-corrected chi connectivity index (χ0v) is 14.5. The lowest BCUT2D eigenvalue weighted by Crippen LogP contribution is -2.24. The van der Waals surface area contributed by atoms with Crippen LogP contribution in [-0.2, 0) is 11.3 Å². The molecule has 0 aliphatic carbocycles. The van der Waals surface area contributed by atoms with E-state index in [0.29, 0.717) is 17.5 Å². The molecule has 128 valence electrons. The van der Waals surface area contributed by atoms with Crippen molar-refractivity contribution in [1.29, 1.82) is 0 Å². The molecule has 1 N–H and O–H groups in total. The maximum atomic E-state index is 11.9. The van der Waals surface area contributed by atoms with Crippen LogP contribution in [0.5, 0.6) is 5.75 Å². The number of methoxy groups -OCH3 is 1. The minimum Gasteiger partial charge on any atom is -0.497 e. The van der Waals surface area contributed by atoms with Crippen molar-refractivity contribution in [2.24, 2.45) is 0 Å². The Morgan fingerprint density at radius 2 is 1.92 bits per heavy atom. The van der Waals surface area contributed by atoms with Crippen LogP contribution in [0.25, 0.3) is 11.4 Å². The third kappa shape index (κ3) is 4.84. The van der Waals surface area contributed by atoms with Crippen LogP contribution in [0, 0.1) is 0 Å². The third-order valence-corrected chi connectivity index (χ3v) is 4.38. The molecule has 3 aromatic rings. The van der Waals surface area contributed by atoms with Gasteiger partial charge in [-0.25, -0.2) is 0 Å². The summed E-state index contributed by atoms with van der Waals surface area (Å²) in [5.41, 5.74) is 0.821. The second-order valence-corrected chi connectivity index (χ2v) is 6.17. The number of rotatable bonds is 7. The Bertz CT molecular complexity index is 819. The van der Waals surface area contributed by atoms with E-state index in [2.05, 4.69) is 15.5 Å². The number of carbonyl (C=O) groups is 1. The van der Waals surface area contributed by atoms with E-state index in [1.165, 1.54) is 11.8 Å². The highest BCUT2D eigenvalue weighted by Gasteiger charge is 2.10. The second-order valence-electron chi connectivity index (χ2n) is 5.12. The van der Waals surface area contributed by atoms with E-state index in [-0.39, 0.29) is 12.5 Å². The summed E-state index contributed by atoms with van der Waals surface area (Å²) >= 11 is 1.48. The van der Waals surface area contributed by atoms with Crippen molar-refractivity contribution in [3.05, 3.63) is 60.5 Å². The monoisotopic (exact) mass is 355 g/mol. The fourth-order valence-corrected chi connectivity index (χ4v) is 2.82. The van der Waals surface area contributed by atoms with Gasteiger partial charge in [0, 0.05) is 10.5 Å². The number of thioether (sulfide) groups is 1. The van der Waals surface area contributed by atoms with E-state index < -0.39 is 0 Å². The number of nitrogens with zero attached hydrogens (tertiary/aromatic N) is 2. The van der Waals surface area contributed by atoms with E-state index in [9.17, 15) is 4.79 Å². The quantitative estimate of drug-likeness (QED) is 0.656. The summed E-state index contributed by atoms with van der Waals surface area (Å²) in [4.78, 5) is 17.2. The molecule has 0 aliphatic rings. The lowest BCUT2D eigenvalue weighted by molar-refractivity contribution is -0.118. The van der Waals surface area contributed by atoms with Gasteiger partial charge in [0.05, 0.1) is 19.4 Å². The summed E-state index contributed by atoms with van der Waals surface area (Å²) in [7, 11) is 1.61. The first-order valence-corrected chi connectivity index (χ1v) is 8.65. The van der Waals surface area contributed by atoms with Crippen molar-refractivity contribution in [3.8, 4) is 17.1 Å². The van der Waals surface area contributed by atoms with Crippen molar-refractivity contribution < 1.29 is 14.1 Å². The fourth-order valence-electron chi connectivity index (χ4n) is 2.07. The normalized spacial score (nSPS) is 10.4. The first kappa shape index (κ1) is 17.0. The Balaban J connectivity index is 1.50. The molecule has 0 atom stereocenters. The number of amides is 1. The molecule has 0 fully saturated rings. The SMILES string of the molecule is COc1ccc(-c2noc(CNC(=O)CSc3ccccc3)n2)cc1. The number of nitrogens with one attached hydrogen (secondary N) is 1. The summed E-state index contributed by atoms with van der Waals surface area (Å²) in [5.74, 6) is 1.85. The van der Waals surface area contributed by atoms with E-state index in [1.807, 2.05) is 54.6 Å². The van der Waals surface area contributed by atoms with Crippen molar-refractivity contribution in [2.75, 3.05) is 12.9 Å². The number of carbonyl (C=O) groups excluding carboxylic acids is 1. The smallest absolute Gasteiger partial charge is 0.246 e. The Labute approximate surface area is 149 Å². The largest absolute Gasteiger partial charge is 0.497 e. The molecule has 7 heteroatoms. The number of aromatic nitrogens is 2. The third-order valence-electron chi connectivity index (χ3n) is 3.37. The van der Waals surface area contributed by atoms with Crippen LogP contribution in [0.1, 0.15) is 5.89 Å². The summed E-state index contributed by atoms with van der Waals surface area (Å²) in [6.07, 6.45) is 0. The molecule has 0 saturated heterocycles. The van der Waals surface area contributed by atoms with Gasteiger partial charge < -0.3 is 14.6 Å². The fraction of sp³-hybridized carbons (Fsp3) is 0.167. The lowest BCUT2D eigenvalue weighted by Gasteiger charge is -2.02. The highest BCUT2D eigenvalue weighted by Crippen LogP contribution is 2.20. The van der Waals surface area contributed by atoms with Crippen molar-refractivity contribution >= 4 is 17.7 Å². The van der Waals surface area contributed by atoms with Gasteiger partial charge in [-0.1, -0.05) is 23.4 Å². The van der Waals surface area contributed by atoms with Gasteiger partial charge in [0.2, 0.25) is 17.6 Å². The highest BCUT2D eigenvalue weighted by atomic mass is 32.2. The van der Waals surface area contributed by atoms with Crippen LogP contribution in [0.15, 0.2) is 64.0 Å². The van der Waals surface area contributed by atoms with Crippen molar-refractivity contribution in [3.63, 3.8) is 0 Å². The molecule has 3 rings (SSSR count). The zero-order valence-electron chi connectivity index (χ0n) is 13.6. The summed E-state index contributed by atoms with van der Waals surface area (Å²) in [6, 6.07) is 17.1. The molecule has 1 amide bonds. The van der Waals surface area contributed by atoms with Crippen LogP contribution in [0.4, 0.5) is 0 Å². The van der Waals surface area contributed by atoms with Gasteiger partial charge in [0.1, 0.15) is 5.75 Å². The van der Waals surface area contributed by atoms with Crippen molar-refractivity contribution in [2.45, 2.75) is 11.4 Å². The molecule has 0 spiro atoms. The highest BCUT2D eigenvalue weighted by molar-refractivity contribution is 8.00. The molecule has 2 aromatic carbocycles. The van der Waals surface area contributed by atoms with E-state index in [1.54, 1.807) is 7.11 Å². The molecule has 1 heterocycles. The maximum Gasteiger partial charge on any atom is 0.246 e. The molecule has 0 unspecified atom stereocenters. The molecule has 0 saturated carbocycles. The molecule has 0 aliphatic heterocycles. The van der Waals surface area contributed by atoms with E-state index in [0.717, 1.165) is 16.2 Å². The minimum atomic E-state index is -0.0851. The molecule has 6 nitrogen and oxygen atoms in total. The average Bonchev–Trinajstić information content (AvgIpc) is 3.14. The zero-order chi connectivity index (χ0) is 17.5. The van der Waals surface area contributed by atoms with Gasteiger partial charge in [-0.2, -0.15) is 4.98 Å². The Hall–Kier alpha value is -2.80. The number of benzene rings is 2. The van der Waals surface area contributed by atoms with Gasteiger partial charge in [-0.05, 0) is 36.4 Å². The van der Waals surface area contributed by atoms with E-state index in [4.69, 9.17) is 9.26 Å². The molecule has 25 heavy (non-hydrogen) atoms. The number of hydrogen-bond acceptors (Lipinski definition) is 6. The Morgan fingerprint density at radius 1 is 1.16 bits per heavy atom. The standard InChI is InChI=1S/C18H17N3O3S/c1-23-14-9-7-13(8-10-14)18-20-17(24-21-18)11-19-16(22)12-25-15-5-3-2-4-6-15/h2-10H,11-12H2,1H3,(H,19,22). The Kier molecular flexibility index (Phi) is 5.69. The first-order chi connectivity index (χ1) is 12.2. The predicted octanol–water partition coefficient (Wildman–Crippen LogP) is 3.15. The summed E-state index contributed by atoms with van der Waals surface area (Å²) in [6.45, 7) is 0.206. The van der Waals surface area contributed by atoms with Gasteiger partial charge in [-0.3, -0.25) is 4.79 Å². The van der Waals surface area contributed by atoms with Crippen LogP contribution in [-0.4, -0.2) is 28.9 Å². The topological polar surface area (TPSA) is 77.3 Å². The molecule has 0 bridgehead atoms. The maximum absolute atomic E-state index is 11.9. The molecule has 0 radical (unpaired) electrons. The lowest BCUT2D eigenvalue weighted by atomic mass is 10.2. The van der Waals surface area contributed by atoms with Crippen LogP contribution in [0.2, 0.25) is 0 Å². The predicted molar refractivity (Wildman–Crippen MR) is 95.3 cm³/mol. The van der Waals surface area contributed by atoms with Crippen LogP contribution >= 0.6 is 11.8 Å². The summed E-state index contributed by atoms with van der Waals surface area (Å²) < 4.78 is 10.3. The average molecular weight is 355 g/mol. The number of ether oxygens (including phenoxy) is 1. The minimum absolute atomic E-state index is 0.0851. The first-order valence-electron chi connectivity index (χ1n) is 7.66. The molecular formula is C18H17N3O3S. The Morgan fingerprint density at radius 3 is 2.64 bits per heavy atom. The number of hydrogen-bond donors (Lipinski definition) is 1. The summed E-state index contributed by atoms with van der Waals surface area (Å²) in [5, 5.41) is 6.71. The van der Waals surface area contributed by atoms with Crippen LogP contribution < -0.4 is 10.1 Å². The van der Waals surface area contributed by atoms with Gasteiger partial charge >= 0.3 is 0 Å². The second kappa shape index (κ2) is 8.34. The van der Waals surface area contributed by atoms with Gasteiger partial charge in [0.25, 0.3) is 0 Å². The van der Waals surface area contributed by atoms with Gasteiger partial charge in [-0.15, -0.1) is 11.8 Å². The molecular weight excluding hydrogens is 338 g/mol. The molecule has 1 aromatic heterocycles. The van der Waals surface area contributed by atoms with Gasteiger partial charge in [0.15, 0.2) is 0 Å². The van der Waals surface area contributed by atoms with E-state index >= 15 is 0 Å².